The van der Waals surface area contributed by atoms with Crippen molar-refractivity contribution in [1.29, 1.82) is 5.26 Å². The molecule has 6 heteroatoms. The monoisotopic (exact) mass is 312 g/mol. The smallest absolute Gasteiger partial charge is 0.219 e. The molecule has 0 aromatic heterocycles. The maximum atomic E-state index is 12.3. The van der Waals surface area contributed by atoms with Gasteiger partial charge in [-0.1, -0.05) is 12.1 Å². The first-order valence-electron chi connectivity index (χ1n) is 7.22. The van der Waals surface area contributed by atoms with E-state index < -0.39 is 11.3 Å². The molecular weight excluding hydrogens is 296 g/mol. The number of nitrogens with one attached hydrogen (secondary N) is 1. The lowest BCUT2D eigenvalue weighted by Crippen LogP contribution is -2.56. The number of hydrogen-bond acceptors (Lipinski definition) is 5. The molecule has 3 rings (SSSR count). The van der Waals surface area contributed by atoms with E-state index in [0.717, 1.165) is 5.56 Å². The van der Waals surface area contributed by atoms with Gasteiger partial charge in [0, 0.05) is 19.3 Å². The zero-order valence-electron chi connectivity index (χ0n) is 12.8. The summed E-state index contributed by atoms with van der Waals surface area (Å²) in [4.78, 5) is 23.8. The van der Waals surface area contributed by atoms with Crippen molar-refractivity contribution in [3.05, 3.63) is 42.0 Å². The average Bonchev–Trinajstić information content (AvgIpc) is 2.82. The molecule has 118 valence electrons. The molecule has 1 aromatic rings. The molecular formula is C17H16N2O4. The van der Waals surface area contributed by atoms with Crippen LogP contribution in [0, 0.1) is 11.3 Å². The number of benzene rings is 1. The zero-order valence-corrected chi connectivity index (χ0v) is 12.8. The molecule has 1 saturated heterocycles. The van der Waals surface area contributed by atoms with Crippen LogP contribution in [0.5, 0.6) is 5.75 Å². The van der Waals surface area contributed by atoms with Crippen molar-refractivity contribution in [2.45, 2.75) is 30.6 Å². The van der Waals surface area contributed by atoms with Crippen molar-refractivity contribution in [3.8, 4) is 11.8 Å². The molecule has 2 aliphatic rings. The second-order valence-corrected chi connectivity index (χ2v) is 5.74. The van der Waals surface area contributed by atoms with Crippen molar-refractivity contribution >= 4 is 11.7 Å². The Hall–Kier alpha value is -2.65. The highest BCUT2D eigenvalue weighted by Crippen LogP contribution is 2.50. The molecule has 0 spiro atoms. The highest BCUT2D eigenvalue weighted by atomic mass is 16.6. The zero-order chi connectivity index (χ0) is 16.7. The summed E-state index contributed by atoms with van der Waals surface area (Å²) in [6.07, 6.45) is 3.02. The minimum Gasteiger partial charge on any atom is -0.497 e. The predicted octanol–water partition coefficient (Wildman–Crippen LogP) is 1.43. The fourth-order valence-electron chi connectivity index (χ4n) is 3.24. The van der Waals surface area contributed by atoms with Crippen molar-refractivity contribution < 1.29 is 19.1 Å². The van der Waals surface area contributed by atoms with Gasteiger partial charge in [0.25, 0.3) is 0 Å². The normalized spacial score (nSPS) is 31.5. The van der Waals surface area contributed by atoms with Crippen LogP contribution in [0.1, 0.15) is 24.8 Å². The third kappa shape index (κ3) is 2.30. The number of nitriles is 1. The van der Waals surface area contributed by atoms with Gasteiger partial charge in [-0.15, -0.1) is 0 Å². The van der Waals surface area contributed by atoms with Crippen LogP contribution in [0.4, 0.5) is 0 Å². The van der Waals surface area contributed by atoms with E-state index in [0.29, 0.717) is 5.75 Å². The molecule has 0 unspecified atom stereocenters. The van der Waals surface area contributed by atoms with Gasteiger partial charge in [-0.25, -0.2) is 0 Å². The number of fused-ring (bicyclic) bond motifs is 2. The lowest BCUT2D eigenvalue weighted by atomic mass is 9.82. The largest absolute Gasteiger partial charge is 0.497 e. The third-order valence-electron chi connectivity index (χ3n) is 4.30. The number of carbonyl (C=O) groups excluding carboxylic acids is 2. The molecule has 0 saturated carbocycles. The van der Waals surface area contributed by atoms with Gasteiger partial charge in [-0.2, -0.15) is 5.26 Å². The number of carbonyl (C=O) groups is 2. The molecule has 6 nitrogen and oxygen atoms in total. The maximum absolute atomic E-state index is 12.3. The van der Waals surface area contributed by atoms with Gasteiger partial charge in [-0.05, 0) is 29.8 Å². The van der Waals surface area contributed by atoms with Gasteiger partial charge in [-0.3, -0.25) is 9.59 Å². The SMILES string of the molecule is COc1ccc([C@H]2C[C@]3(NC(C)=O)O[C@@]2(C#N)C=CC3=O)cc1. The number of hydrogen-bond donors (Lipinski definition) is 1. The first kappa shape index (κ1) is 15.3. The van der Waals surface area contributed by atoms with E-state index in [-0.39, 0.29) is 24.0 Å². The summed E-state index contributed by atoms with van der Waals surface area (Å²) in [6.45, 7) is 1.32. The topological polar surface area (TPSA) is 88.4 Å². The molecule has 23 heavy (non-hydrogen) atoms. The standard InChI is InChI=1S/C17H16N2O4/c1-11(20)19-17-9-14(12-3-5-13(22-2)6-4-12)16(10-18,23-17)8-7-15(17)21/h3-8,14H,9H2,1-2H3,(H,19,20)/t14-,16-,17+/m1/s1. The Bertz CT molecular complexity index is 734. The van der Waals surface area contributed by atoms with Gasteiger partial charge in [0.05, 0.1) is 7.11 Å². The van der Waals surface area contributed by atoms with Gasteiger partial charge in [0.2, 0.25) is 17.4 Å². The number of nitrogens with zero attached hydrogens (tertiary/aromatic N) is 1. The molecule has 1 fully saturated rings. The lowest BCUT2D eigenvalue weighted by molar-refractivity contribution is -0.153. The summed E-state index contributed by atoms with van der Waals surface area (Å²) < 4.78 is 10.9. The van der Waals surface area contributed by atoms with E-state index in [1.165, 1.54) is 19.1 Å². The van der Waals surface area contributed by atoms with E-state index in [9.17, 15) is 14.9 Å². The molecule has 2 heterocycles. The Balaban J connectivity index is 2.04. The van der Waals surface area contributed by atoms with Crippen LogP contribution in [0.15, 0.2) is 36.4 Å². The summed E-state index contributed by atoms with van der Waals surface area (Å²) in [5, 5.41) is 12.2. The number of rotatable bonds is 3. The fraction of sp³-hybridized carbons (Fsp3) is 0.353. The summed E-state index contributed by atoms with van der Waals surface area (Å²) in [7, 11) is 1.57. The highest BCUT2D eigenvalue weighted by Gasteiger charge is 2.61. The molecule has 0 aliphatic carbocycles. The molecule has 2 aliphatic heterocycles. The molecule has 1 amide bonds. The summed E-state index contributed by atoms with van der Waals surface area (Å²) in [5.74, 6) is -0.400. The number of amides is 1. The van der Waals surface area contributed by atoms with Crippen LogP contribution in [0.3, 0.4) is 0 Å². The first-order chi connectivity index (χ1) is 10.9. The van der Waals surface area contributed by atoms with Gasteiger partial charge < -0.3 is 14.8 Å². The van der Waals surface area contributed by atoms with Gasteiger partial charge in [0.1, 0.15) is 11.8 Å². The van der Waals surface area contributed by atoms with Crippen molar-refractivity contribution in [3.63, 3.8) is 0 Å². The molecule has 1 aromatic carbocycles. The quantitative estimate of drug-likeness (QED) is 0.912. The van der Waals surface area contributed by atoms with Crippen LogP contribution in [-0.2, 0) is 14.3 Å². The van der Waals surface area contributed by atoms with E-state index in [2.05, 4.69) is 11.4 Å². The molecule has 0 radical (unpaired) electrons. The van der Waals surface area contributed by atoms with Gasteiger partial charge >= 0.3 is 0 Å². The Morgan fingerprint density at radius 3 is 2.70 bits per heavy atom. The van der Waals surface area contributed by atoms with E-state index in [1.807, 2.05) is 12.1 Å². The fourth-order valence-corrected chi connectivity index (χ4v) is 3.24. The number of ketones is 1. The van der Waals surface area contributed by atoms with E-state index in [4.69, 9.17) is 9.47 Å². The van der Waals surface area contributed by atoms with Crippen molar-refractivity contribution in [2.24, 2.45) is 0 Å². The number of ether oxygens (including phenoxy) is 2. The Kier molecular flexibility index (Phi) is 3.46. The van der Waals surface area contributed by atoms with E-state index >= 15 is 0 Å². The summed E-state index contributed by atoms with van der Waals surface area (Å²) >= 11 is 0. The minimum atomic E-state index is -1.47. The summed E-state index contributed by atoms with van der Waals surface area (Å²) in [6, 6.07) is 9.42. The molecule has 1 N–H and O–H groups in total. The second kappa shape index (κ2) is 5.21. The van der Waals surface area contributed by atoms with E-state index in [1.54, 1.807) is 19.2 Å². The van der Waals surface area contributed by atoms with Gasteiger partial charge in [0.15, 0.2) is 5.60 Å². The van der Waals surface area contributed by atoms with Crippen LogP contribution in [0.25, 0.3) is 0 Å². The van der Waals surface area contributed by atoms with Crippen LogP contribution in [-0.4, -0.2) is 30.1 Å². The minimum absolute atomic E-state index is 0.207. The lowest BCUT2D eigenvalue weighted by Gasteiger charge is -2.32. The highest BCUT2D eigenvalue weighted by molar-refractivity contribution is 6.01. The molecule has 2 bridgehead atoms. The Labute approximate surface area is 133 Å². The van der Waals surface area contributed by atoms with Crippen molar-refractivity contribution in [1.82, 2.24) is 5.32 Å². The summed E-state index contributed by atoms with van der Waals surface area (Å²) in [5.41, 5.74) is -1.90. The maximum Gasteiger partial charge on any atom is 0.219 e. The predicted molar refractivity (Wildman–Crippen MR) is 80.5 cm³/mol. The van der Waals surface area contributed by atoms with Crippen molar-refractivity contribution in [2.75, 3.05) is 7.11 Å². The Morgan fingerprint density at radius 1 is 1.43 bits per heavy atom. The molecule has 3 atom stereocenters. The number of methoxy groups -OCH3 is 1. The third-order valence-corrected chi connectivity index (χ3v) is 4.30. The van der Waals surface area contributed by atoms with Crippen LogP contribution < -0.4 is 10.1 Å². The first-order valence-corrected chi connectivity index (χ1v) is 7.22. The van der Waals surface area contributed by atoms with Crippen LogP contribution in [0.2, 0.25) is 0 Å². The Morgan fingerprint density at radius 2 is 2.13 bits per heavy atom. The van der Waals surface area contributed by atoms with Crippen LogP contribution >= 0.6 is 0 Å². The average molecular weight is 312 g/mol. The second-order valence-electron chi connectivity index (χ2n) is 5.74.